The van der Waals surface area contributed by atoms with Crippen LogP contribution in [-0.4, -0.2) is 3.71 Å². The smallest absolute Gasteiger partial charge is 0.0612 e. The molecule has 0 aliphatic heterocycles. The van der Waals surface area contributed by atoms with E-state index in [1.807, 2.05) is 18.2 Å². The van der Waals surface area contributed by atoms with Crippen LogP contribution in [0, 0.1) is 0 Å². The maximum Gasteiger partial charge on any atom is 0.0612 e. The largest absolute Gasteiger partial charge is 0.190 e. The van der Waals surface area contributed by atoms with Gasteiger partial charge in [-0.3, -0.25) is 0 Å². The average Bonchev–Trinajstić information content (AvgIpc) is 2.06. The van der Waals surface area contributed by atoms with Gasteiger partial charge in [0.1, 0.15) is 0 Å². The highest BCUT2D eigenvalue weighted by molar-refractivity contribution is 7.93. The average molecular weight is 199 g/mol. The lowest BCUT2D eigenvalue weighted by atomic mass is 9.96. The van der Waals surface area contributed by atoms with Crippen molar-refractivity contribution in [2.24, 2.45) is 0 Å². The van der Waals surface area contributed by atoms with Gasteiger partial charge in [-0.15, -0.1) is 0 Å². The molecule has 3 heteroatoms. The van der Waals surface area contributed by atoms with E-state index < -0.39 is 0 Å². The van der Waals surface area contributed by atoms with Crippen molar-refractivity contribution in [1.29, 1.82) is 0 Å². The van der Waals surface area contributed by atoms with Crippen molar-refractivity contribution in [2.45, 2.75) is 19.4 Å². The summed E-state index contributed by atoms with van der Waals surface area (Å²) in [5, 5.41) is 0. The summed E-state index contributed by atoms with van der Waals surface area (Å²) < 4.78 is 1.61. The van der Waals surface area contributed by atoms with Crippen molar-refractivity contribution in [2.75, 3.05) is 0 Å². The third kappa shape index (κ3) is 1.97. The lowest BCUT2D eigenvalue weighted by molar-refractivity contribution is 0.393. The molecule has 0 heterocycles. The first kappa shape index (κ1) is 9.96. The lowest BCUT2D eigenvalue weighted by Crippen LogP contribution is -2.27. The molecule has 12 heavy (non-hydrogen) atoms. The quantitative estimate of drug-likeness (QED) is 0.693. The van der Waals surface area contributed by atoms with Gasteiger partial charge in [0.25, 0.3) is 0 Å². The van der Waals surface area contributed by atoms with Gasteiger partial charge in [-0.05, 0) is 19.4 Å². The molecule has 1 aromatic carbocycles. The van der Waals surface area contributed by atoms with Crippen molar-refractivity contribution >= 4 is 25.6 Å². The van der Waals surface area contributed by atoms with Gasteiger partial charge in [-0.1, -0.05) is 56.0 Å². The highest BCUT2D eigenvalue weighted by Crippen LogP contribution is 2.30. The first-order valence-electron chi connectivity index (χ1n) is 3.78. The fourth-order valence-corrected chi connectivity index (χ4v) is 1.19. The number of rotatable bonds is 2. The Morgan fingerprint density at radius 1 is 1.08 bits per heavy atom. The molecule has 0 radical (unpaired) electrons. The molecule has 0 bridgehead atoms. The van der Waals surface area contributed by atoms with Gasteiger partial charge in [0.15, 0.2) is 0 Å². The van der Waals surface area contributed by atoms with E-state index in [1.165, 1.54) is 5.56 Å². The number of hydrogen-bond acceptors (Lipinski definition) is 3. The van der Waals surface area contributed by atoms with Crippen LogP contribution in [0.15, 0.2) is 30.3 Å². The Bertz CT molecular complexity index is 244. The number of thiol groups is 2. The maximum atomic E-state index is 4.19. The standard InChI is InChI=1S/C9H13NS2/c1-9(2,10(11)12)8-6-4-3-5-7-8/h3-7,11-12H,1-2H3. The van der Waals surface area contributed by atoms with Crippen LogP contribution in [0.5, 0.6) is 0 Å². The molecule has 1 aromatic rings. The molecule has 0 unspecified atom stereocenters. The molecule has 0 aromatic heterocycles. The zero-order chi connectivity index (χ0) is 9.19. The Labute approximate surface area is 84.9 Å². The van der Waals surface area contributed by atoms with Gasteiger partial charge in [-0.25, -0.2) is 0 Å². The summed E-state index contributed by atoms with van der Waals surface area (Å²) in [4.78, 5) is 0. The van der Waals surface area contributed by atoms with E-state index in [0.29, 0.717) is 0 Å². The molecule has 1 rings (SSSR count). The summed E-state index contributed by atoms with van der Waals surface area (Å²) >= 11 is 8.38. The predicted molar refractivity (Wildman–Crippen MR) is 59.3 cm³/mol. The molecule has 0 saturated carbocycles. The van der Waals surface area contributed by atoms with E-state index in [4.69, 9.17) is 0 Å². The molecule has 1 nitrogen and oxygen atoms in total. The van der Waals surface area contributed by atoms with E-state index in [1.54, 1.807) is 3.71 Å². The van der Waals surface area contributed by atoms with E-state index in [2.05, 4.69) is 51.6 Å². The van der Waals surface area contributed by atoms with Gasteiger partial charge >= 0.3 is 0 Å². The Balaban J connectivity index is 2.98. The van der Waals surface area contributed by atoms with Gasteiger partial charge in [0, 0.05) is 0 Å². The Kier molecular flexibility index (Phi) is 3.09. The second kappa shape index (κ2) is 3.73. The summed E-state index contributed by atoms with van der Waals surface area (Å²) in [6.07, 6.45) is 0. The van der Waals surface area contributed by atoms with Crippen LogP contribution in [0.3, 0.4) is 0 Å². The molecule has 0 spiro atoms. The molecule has 0 fully saturated rings. The molecule has 0 aliphatic carbocycles. The summed E-state index contributed by atoms with van der Waals surface area (Å²) in [5.74, 6) is 0. The Morgan fingerprint density at radius 3 is 2.00 bits per heavy atom. The fourth-order valence-electron chi connectivity index (χ4n) is 0.961. The molecule has 0 amide bonds. The first-order valence-corrected chi connectivity index (χ1v) is 4.58. The summed E-state index contributed by atoms with van der Waals surface area (Å²) in [5.41, 5.74) is 1.06. The normalized spacial score (nSPS) is 12.1. The van der Waals surface area contributed by atoms with E-state index >= 15 is 0 Å². The third-order valence-corrected chi connectivity index (χ3v) is 2.98. The highest BCUT2D eigenvalue weighted by atomic mass is 32.2. The zero-order valence-electron chi connectivity index (χ0n) is 7.23. The van der Waals surface area contributed by atoms with Crippen LogP contribution in [-0.2, 0) is 5.54 Å². The summed E-state index contributed by atoms with van der Waals surface area (Å²) in [6.45, 7) is 4.14. The minimum absolute atomic E-state index is 0.145. The van der Waals surface area contributed by atoms with Gasteiger partial charge in [-0.2, -0.15) is 3.71 Å². The van der Waals surface area contributed by atoms with Crippen LogP contribution in [0.1, 0.15) is 19.4 Å². The first-order chi connectivity index (χ1) is 5.55. The van der Waals surface area contributed by atoms with Crippen LogP contribution < -0.4 is 0 Å². The maximum absolute atomic E-state index is 4.19. The predicted octanol–water partition coefficient (Wildman–Crippen LogP) is 2.91. The van der Waals surface area contributed by atoms with Gasteiger partial charge in [0.05, 0.1) is 5.54 Å². The number of benzene rings is 1. The van der Waals surface area contributed by atoms with Crippen molar-refractivity contribution in [1.82, 2.24) is 3.71 Å². The van der Waals surface area contributed by atoms with Crippen LogP contribution in [0.2, 0.25) is 0 Å². The number of nitrogens with zero attached hydrogens (tertiary/aromatic N) is 1. The third-order valence-electron chi connectivity index (χ3n) is 1.98. The topological polar surface area (TPSA) is 3.24 Å². The van der Waals surface area contributed by atoms with E-state index in [9.17, 15) is 0 Å². The number of hydrogen-bond donors (Lipinski definition) is 2. The fraction of sp³-hybridized carbons (Fsp3) is 0.333. The van der Waals surface area contributed by atoms with Gasteiger partial charge in [0.2, 0.25) is 0 Å². The van der Waals surface area contributed by atoms with Gasteiger partial charge < -0.3 is 0 Å². The van der Waals surface area contributed by atoms with Crippen molar-refractivity contribution < 1.29 is 0 Å². The molecule has 0 atom stereocenters. The minimum Gasteiger partial charge on any atom is -0.190 e. The van der Waals surface area contributed by atoms with Crippen LogP contribution >= 0.6 is 25.6 Å². The molecule has 0 saturated heterocycles. The summed E-state index contributed by atoms with van der Waals surface area (Å²) in [6, 6.07) is 10.2. The van der Waals surface area contributed by atoms with Crippen molar-refractivity contribution in [3.05, 3.63) is 35.9 Å². The van der Waals surface area contributed by atoms with E-state index in [0.717, 1.165) is 0 Å². The lowest BCUT2D eigenvalue weighted by Gasteiger charge is -2.30. The monoisotopic (exact) mass is 199 g/mol. The molecular formula is C9H13NS2. The zero-order valence-corrected chi connectivity index (χ0v) is 9.02. The SMILES string of the molecule is CC(C)(c1ccccc1)N(S)S. The van der Waals surface area contributed by atoms with E-state index in [-0.39, 0.29) is 5.54 Å². The highest BCUT2D eigenvalue weighted by Gasteiger charge is 2.23. The second-order valence-corrected chi connectivity index (χ2v) is 4.33. The van der Waals surface area contributed by atoms with Crippen LogP contribution in [0.25, 0.3) is 0 Å². The molecular weight excluding hydrogens is 186 g/mol. The minimum atomic E-state index is -0.145. The van der Waals surface area contributed by atoms with Crippen molar-refractivity contribution in [3.63, 3.8) is 0 Å². The molecule has 0 aliphatic rings. The van der Waals surface area contributed by atoms with Crippen molar-refractivity contribution in [3.8, 4) is 0 Å². The molecule has 0 N–H and O–H groups in total. The summed E-state index contributed by atoms with van der Waals surface area (Å²) in [7, 11) is 0. The second-order valence-electron chi connectivity index (χ2n) is 3.21. The molecule has 66 valence electrons. The Hall–Kier alpha value is -0.120. The Morgan fingerprint density at radius 2 is 1.58 bits per heavy atom. The van der Waals surface area contributed by atoms with Crippen LogP contribution in [0.4, 0.5) is 0 Å².